The average Bonchev–Trinajstić information content (AvgIpc) is 2.52. The van der Waals surface area contributed by atoms with Gasteiger partial charge in [-0.3, -0.25) is 4.79 Å². The molecule has 1 amide bonds. The number of hydrogen-bond donors (Lipinski definition) is 1. The van der Waals surface area contributed by atoms with Gasteiger partial charge in [-0.05, 0) is 57.5 Å². The molecular formula is C18H22N2O3S. The van der Waals surface area contributed by atoms with E-state index in [-0.39, 0.29) is 23.0 Å². The molecule has 1 aromatic carbocycles. The number of carbonyl (C=O) groups excluding carboxylic acids is 1. The molecule has 0 unspecified atom stereocenters. The lowest BCUT2D eigenvalue weighted by atomic mass is 10.2. The maximum atomic E-state index is 12.8. The summed E-state index contributed by atoms with van der Waals surface area (Å²) in [5, 5.41) is 2.68. The number of benzene rings is 1. The van der Waals surface area contributed by atoms with Crippen LogP contribution < -0.4 is 5.32 Å². The highest BCUT2D eigenvalue weighted by Crippen LogP contribution is 2.25. The highest BCUT2D eigenvalue weighted by molar-refractivity contribution is 7.92. The molecule has 0 fully saturated rings. The molecule has 0 radical (unpaired) electrons. The molecule has 2 aromatic rings. The number of carbonyl (C=O) groups is 1. The minimum Gasteiger partial charge on any atom is -0.349 e. The Morgan fingerprint density at radius 3 is 2.42 bits per heavy atom. The van der Waals surface area contributed by atoms with Gasteiger partial charge in [0.15, 0.2) is 9.84 Å². The zero-order valence-corrected chi connectivity index (χ0v) is 15.1. The van der Waals surface area contributed by atoms with Gasteiger partial charge in [-0.15, -0.1) is 0 Å². The van der Waals surface area contributed by atoms with Crippen LogP contribution in [0.1, 0.15) is 35.6 Å². The predicted molar refractivity (Wildman–Crippen MR) is 93.8 cm³/mol. The molecule has 0 spiro atoms. The third kappa shape index (κ3) is 3.82. The van der Waals surface area contributed by atoms with Crippen LogP contribution in [0.4, 0.5) is 0 Å². The van der Waals surface area contributed by atoms with Gasteiger partial charge in [-0.2, -0.15) is 0 Å². The first kappa shape index (κ1) is 18.1. The van der Waals surface area contributed by atoms with Crippen LogP contribution in [0.25, 0.3) is 0 Å². The van der Waals surface area contributed by atoms with E-state index in [0.29, 0.717) is 0 Å². The van der Waals surface area contributed by atoms with Crippen molar-refractivity contribution in [1.82, 2.24) is 10.3 Å². The highest BCUT2D eigenvalue weighted by atomic mass is 32.2. The molecular weight excluding hydrogens is 324 g/mol. The van der Waals surface area contributed by atoms with Crippen molar-refractivity contribution in [3.8, 4) is 0 Å². The number of aromatic nitrogens is 1. The van der Waals surface area contributed by atoms with E-state index >= 15 is 0 Å². The number of pyridine rings is 1. The number of nitrogens with one attached hydrogen (secondary N) is 1. The Balaban J connectivity index is 2.17. The molecule has 0 aliphatic carbocycles. The van der Waals surface area contributed by atoms with E-state index < -0.39 is 14.6 Å². The smallest absolute Gasteiger partial charge is 0.269 e. The zero-order chi connectivity index (χ0) is 18.0. The molecule has 6 heteroatoms. The SMILES string of the molecule is Cc1cccc(S(=O)(=O)C(C)(C)CNC(=O)c2cccc(C)n2)c1. The minimum atomic E-state index is -3.58. The molecule has 1 aromatic heterocycles. The van der Waals surface area contributed by atoms with Gasteiger partial charge in [0, 0.05) is 12.2 Å². The normalized spacial score (nSPS) is 12.0. The lowest BCUT2D eigenvalue weighted by molar-refractivity contribution is 0.0945. The summed E-state index contributed by atoms with van der Waals surface area (Å²) in [5.41, 5.74) is 1.88. The van der Waals surface area contributed by atoms with E-state index in [1.54, 1.807) is 57.2 Å². The molecule has 0 saturated carbocycles. The van der Waals surface area contributed by atoms with Gasteiger partial charge >= 0.3 is 0 Å². The molecule has 0 bridgehead atoms. The Labute approximate surface area is 143 Å². The number of sulfone groups is 1. The molecule has 0 saturated heterocycles. The van der Waals surface area contributed by atoms with Crippen molar-refractivity contribution < 1.29 is 13.2 Å². The fraction of sp³-hybridized carbons (Fsp3) is 0.333. The van der Waals surface area contributed by atoms with E-state index in [1.807, 2.05) is 13.0 Å². The lowest BCUT2D eigenvalue weighted by Crippen LogP contribution is -2.44. The topological polar surface area (TPSA) is 76.1 Å². The summed E-state index contributed by atoms with van der Waals surface area (Å²) in [7, 11) is -3.58. The number of nitrogens with zero attached hydrogens (tertiary/aromatic N) is 1. The quantitative estimate of drug-likeness (QED) is 0.903. The first-order valence-electron chi connectivity index (χ1n) is 7.67. The van der Waals surface area contributed by atoms with Crippen LogP contribution in [0.5, 0.6) is 0 Å². The second-order valence-electron chi connectivity index (χ2n) is 6.43. The summed E-state index contributed by atoms with van der Waals surface area (Å²) in [5.74, 6) is -0.383. The Bertz CT molecular complexity index is 858. The van der Waals surface area contributed by atoms with Gasteiger partial charge in [0.25, 0.3) is 5.91 Å². The fourth-order valence-electron chi connectivity index (χ4n) is 2.25. The van der Waals surface area contributed by atoms with E-state index in [4.69, 9.17) is 0 Å². The lowest BCUT2D eigenvalue weighted by Gasteiger charge is -2.25. The summed E-state index contributed by atoms with van der Waals surface area (Å²) in [6.07, 6.45) is 0. The van der Waals surface area contributed by atoms with Gasteiger partial charge in [-0.25, -0.2) is 13.4 Å². The number of rotatable bonds is 5. The second-order valence-corrected chi connectivity index (χ2v) is 9.01. The van der Waals surface area contributed by atoms with Crippen LogP contribution in [0.15, 0.2) is 47.4 Å². The van der Waals surface area contributed by atoms with Gasteiger partial charge in [0.1, 0.15) is 5.69 Å². The molecule has 5 nitrogen and oxygen atoms in total. The molecule has 24 heavy (non-hydrogen) atoms. The Kier molecular flexibility index (Phi) is 5.08. The average molecular weight is 346 g/mol. The third-order valence-electron chi connectivity index (χ3n) is 3.82. The van der Waals surface area contributed by atoms with Crippen molar-refractivity contribution in [2.24, 2.45) is 0 Å². The van der Waals surface area contributed by atoms with Crippen LogP contribution in [0, 0.1) is 13.8 Å². The summed E-state index contributed by atoms with van der Waals surface area (Å²) >= 11 is 0. The van der Waals surface area contributed by atoms with Crippen LogP contribution in [-0.4, -0.2) is 30.6 Å². The second kappa shape index (κ2) is 6.73. The van der Waals surface area contributed by atoms with E-state index in [2.05, 4.69) is 10.3 Å². The zero-order valence-electron chi connectivity index (χ0n) is 14.3. The number of hydrogen-bond acceptors (Lipinski definition) is 4. The van der Waals surface area contributed by atoms with Gasteiger partial charge in [0.2, 0.25) is 0 Å². The minimum absolute atomic E-state index is 0.00225. The summed E-state index contributed by atoms with van der Waals surface area (Å²) in [6.45, 7) is 6.85. The first-order chi connectivity index (χ1) is 11.1. The van der Waals surface area contributed by atoms with Gasteiger partial charge in [0.05, 0.1) is 9.64 Å². The molecule has 1 N–H and O–H groups in total. The molecule has 0 aliphatic heterocycles. The van der Waals surface area contributed by atoms with Crippen LogP contribution in [0.2, 0.25) is 0 Å². The third-order valence-corrected chi connectivity index (χ3v) is 6.30. The molecule has 2 rings (SSSR count). The van der Waals surface area contributed by atoms with Gasteiger partial charge < -0.3 is 5.32 Å². The van der Waals surface area contributed by atoms with Crippen molar-refractivity contribution in [3.63, 3.8) is 0 Å². The predicted octanol–water partition coefficient (Wildman–Crippen LogP) is 2.68. The van der Waals surface area contributed by atoms with Crippen molar-refractivity contribution in [3.05, 3.63) is 59.4 Å². The van der Waals surface area contributed by atoms with Crippen LogP contribution in [-0.2, 0) is 9.84 Å². The summed E-state index contributed by atoms with van der Waals surface area (Å²) in [4.78, 5) is 16.6. The number of aryl methyl sites for hydroxylation is 2. The Morgan fingerprint density at radius 1 is 1.12 bits per heavy atom. The molecule has 1 heterocycles. The van der Waals surface area contributed by atoms with Gasteiger partial charge in [-0.1, -0.05) is 18.2 Å². The summed E-state index contributed by atoms with van der Waals surface area (Å²) in [6, 6.07) is 11.9. The van der Waals surface area contributed by atoms with Crippen LogP contribution >= 0.6 is 0 Å². The van der Waals surface area contributed by atoms with Crippen molar-refractivity contribution in [1.29, 1.82) is 0 Å². The Morgan fingerprint density at radius 2 is 1.79 bits per heavy atom. The maximum absolute atomic E-state index is 12.8. The molecule has 0 aliphatic rings. The van der Waals surface area contributed by atoms with Crippen molar-refractivity contribution in [2.75, 3.05) is 6.54 Å². The standard InChI is InChI=1S/C18H22N2O3S/c1-13-7-5-9-15(11-13)24(22,23)18(3,4)12-19-17(21)16-10-6-8-14(2)20-16/h5-11H,12H2,1-4H3,(H,19,21). The monoisotopic (exact) mass is 346 g/mol. The largest absolute Gasteiger partial charge is 0.349 e. The molecule has 128 valence electrons. The van der Waals surface area contributed by atoms with Crippen molar-refractivity contribution >= 4 is 15.7 Å². The van der Waals surface area contributed by atoms with Crippen molar-refractivity contribution in [2.45, 2.75) is 37.3 Å². The summed E-state index contributed by atoms with van der Waals surface area (Å²) < 4.78 is 24.5. The first-order valence-corrected chi connectivity index (χ1v) is 9.15. The van der Waals surface area contributed by atoms with E-state index in [1.165, 1.54) is 0 Å². The molecule has 0 atom stereocenters. The van der Waals surface area contributed by atoms with Crippen LogP contribution in [0.3, 0.4) is 0 Å². The van der Waals surface area contributed by atoms with E-state index in [0.717, 1.165) is 11.3 Å². The fourth-order valence-corrected chi connectivity index (χ4v) is 3.75. The Hall–Kier alpha value is -2.21. The maximum Gasteiger partial charge on any atom is 0.269 e. The van der Waals surface area contributed by atoms with E-state index in [9.17, 15) is 13.2 Å². The number of amides is 1. The highest BCUT2D eigenvalue weighted by Gasteiger charge is 2.36.